The van der Waals surface area contributed by atoms with Crippen molar-refractivity contribution in [1.82, 2.24) is 105 Å². The number of rotatable bonds is 54. The molecule has 0 aliphatic carbocycles. The molecule has 0 spiro atoms. The van der Waals surface area contributed by atoms with Crippen LogP contribution < -0.4 is 85.1 Å². The third kappa shape index (κ3) is 33.2. The summed E-state index contributed by atoms with van der Waals surface area (Å²) >= 11 is 8.36. The molecule has 36 nitrogen and oxygen atoms in total. The summed E-state index contributed by atoms with van der Waals surface area (Å²) in [5.74, 6) is -14.2. The van der Waals surface area contributed by atoms with Crippen LogP contribution in [0.4, 0.5) is 0 Å². The van der Waals surface area contributed by atoms with Crippen molar-refractivity contribution in [3.8, 4) is 0 Å². The lowest BCUT2D eigenvalue weighted by Crippen LogP contribution is -2.62. The van der Waals surface area contributed by atoms with Gasteiger partial charge >= 0.3 is 0 Å². The highest BCUT2D eigenvalue weighted by Crippen LogP contribution is 2.26. The van der Waals surface area contributed by atoms with Crippen LogP contribution in [0.25, 0.3) is 43.6 Å². The van der Waals surface area contributed by atoms with E-state index >= 15 is 28.8 Å². The standard InChI is InChI=1S/C101H144N20O16S2/c1-52(2)39-74(110-88(124)60(17)108-83(123)51-107-98(134)84(56(9)10)118-82(122)35-37-138)91(127)109-61(18)89(125)119-86(58(13)14)100(136)121-87(59(15)16)101(137)120-85(57(11)12)99(135)117-81(46-65-50-106-73-34-26-22-30-69(65)73)97(133)113-77(42-55(7)8)94(130)116-80(45-64-49-105-72-33-25-21-29-68(64)72)96(132)112-76(41-54(5)6)93(129)115-79(44-63-48-104-71-32-24-20-28-67(63)71)95(131)111-75(40-53(3)4)92(128)114-78(90(126)102-36-38-139)43-62-47-103-70-31-23-19-27-66(62)70/h19-34,47-50,52-61,74-81,84-87,103-106,138-139H,35-46,51H2,1-18H3,(H,102,126)(H,107,134)(H,108,123)(H,109,127)(H,110,124)(H,111,131)(H,112,132)(H,113,133)(H,114,128)(H,115,129)(H,116,130)(H,117,135)(H,118,122)(H,119,125)(H,120,137)(H,121,136)/t60-,61-,74+,75+,76+,77+,78-,79-,80-,81-,84-,85+,86+,87-/m0/s1. The summed E-state index contributed by atoms with van der Waals surface area (Å²) in [6.07, 6.45) is 6.89. The van der Waals surface area contributed by atoms with E-state index < -0.39 is 203 Å². The van der Waals surface area contributed by atoms with Crippen molar-refractivity contribution in [3.05, 3.63) is 144 Å². The molecule has 0 fully saturated rings. The van der Waals surface area contributed by atoms with Gasteiger partial charge in [0.1, 0.15) is 84.6 Å². The Kier molecular flexibility index (Phi) is 42.9. The number of carbonyl (C=O) groups is 16. The first-order valence-electron chi connectivity index (χ1n) is 48.1. The molecule has 38 heteroatoms. The third-order valence-corrected chi connectivity index (χ3v) is 24.4. The number of fused-ring (bicyclic) bond motifs is 4. The van der Waals surface area contributed by atoms with Crippen molar-refractivity contribution >= 4 is 163 Å². The van der Waals surface area contributed by atoms with E-state index in [0.717, 1.165) is 38.3 Å². The highest BCUT2D eigenvalue weighted by molar-refractivity contribution is 7.80. The summed E-state index contributed by atoms with van der Waals surface area (Å²) in [6, 6.07) is 11.5. The van der Waals surface area contributed by atoms with Crippen LogP contribution in [0, 0.1) is 47.3 Å². The van der Waals surface area contributed by atoms with Crippen molar-refractivity contribution in [2.45, 2.75) is 267 Å². The maximum atomic E-state index is 15.6. The fourth-order valence-corrected chi connectivity index (χ4v) is 16.8. The lowest BCUT2D eigenvalue weighted by atomic mass is 9.97. The molecular formula is C101H144N20O16S2. The molecule has 0 radical (unpaired) electrons. The quantitative estimate of drug-likeness (QED) is 0.0194. The van der Waals surface area contributed by atoms with Crippen molar-refractivity contribution < 1.29 is 76.7 Å². The molecule has 20 N–H and O–H groups in total. The molecule has 8 rings (SSSR count). The number of nitrogens with one attached hydrogen (secondary N) is 20. The van der Waals surface area contributed by atoms with Crippen LogP contribution in [0.3, 0.4) is 0 Å². The lowest BCUT2D eigenvalue weighted by Gasteiger charge is -2.31. The minimum absolute atomic E-state index is 0.00807. The van der Waals surface area contributed by atoms with Gasteiger partial charge in [-0.1, -0.05) is 184 Å². The van der Waals surface area contributed by atoms with Crippen molar-refractivity contribution in [1.29, 1.82) is 0 Å². The number of aromatic amines is 4. The first kappa shape index (κ1) is 112. The Bertz CT molecular complexity index is 5580. The molecule has 4 aromatic carbocycles. The first-order chi connectivity index (χ1) is 65.8. The van der Waals surface area contributed by atoms with E-state index in [1.165, 1.54) is 13.8 Å². The van der Waals surface area contributed by atoms with Crippen LogP contribution in [0.2, 0.25) is 0 Å². The smallest absolute Gasteiger partial charge is 0.243 e. The highest BCUT2D eigenvalue weighted by Gasteiger charge is 2.41. The number of para-hydroxylation sites is 4. The van der Waals surface area contributed by atoms with Crippen LogP contribution in [0.1, 0.15) is 179 Å². The van der Waals surface area contributed by atoms with Gasteiger partial charge in [0.2, 0.25) is 94.5 Å². The Labute approximate surface area is 823 Å². The number of carbonyl (C=O) groups excluding carboxylic acids is 16. The first-order valence-corrected chi connectivity index (χ1v) is 49.3. The summed E-state index contributed by atoms with van der Waals surface area (Å²) in [5.41, 5.74) is 5.62. The van der Waals surface area contributed by atoms with Gasteiger partial charge in [-0.05, 0) is 139 Å². The number of aromatic nitrogens is 4. The third-order valence-electron chi connectivity index (χ3n) is 24.0. The molecule has 14 atom stereocenters. The largest absolute Gasteiger partial charge is 0.361 e. The summed E-state index contributed by atoms with van der Waals surface area (Å²) in [5, 5.41) is 47.5. The molecule has 139 heavy (non-hydrogen) atoms. The Balaban J connectivity index is 0.994. The Hall–Kier alpha value is -12.7. The fourth-order valence-electron chi connectivity index (χ4n) is 16.5. The van der Waals surface area contributed by atoms with Crippen molar-refractivity contribution in [2.24, 2.45) is 47.3 Å². The molecule has 0 bridgehead atoms. The van der Waals surface area contributed by atoms with Crippen molar-refractivity contribution in [3.63, 3.8) is 0 Å². The average molecular weight is 1960 g/mol. The van der Waals surface area contributed by atoms with Gasteiger partial charge in [0.15, 0.2) is 0 Å². The summed E-state index contributed by atoms with van der Waals surface area (Å²) in [7, 11) is 0. The van der Waals surface area contributed by atoms with Crippen LogP contribution in [-0.2, 0) is 102 Å². The molecule has 0 saturated heterocycles. The fraction of sp³-hybridized carbons (Fsp3) is 0.525. The van der Waals surface area contributed by atoms with E-state index in [-0.39, 0.29) is 99.7 Å². The van der Waals surface area contributed by atoms with Gasteiger partial charge in [-0.15, -0.1) is 0 Å². The molecular weight excluding hydrogens is 1810 g/mol. The summed E-state index contributed by atoms with van der Waals surface area (Å²) in [4.78, 5) is 244. The van der Waals surface area contributed by atoms with E-state index in [0.29, 0.717) is 33.3 Å². The van der Waals surface area contributed by atoms with E-state index in [9.17, 15) is 47.9 Å². The predicted molar refractivity (Wildman–Crippen MR) is 542 cm³/mol. The number of thiol groups is 2. The summed E-state index contributed by atoms with van der Waals surface area (Å²) in [6.45, 7) is 30.5. The average Bonchev–Trinajstić information content (AvgIpc) is 1.69. The van der Waals surface area contributed by atoms with Crippen LogP contribution >= 0.6 is 25.3 Å². The van der Waals surface area contributed by atoms with Gasteiger partial charge in [-0.2, -0.15) is 25.3 Å². The van der Waals surface area contributed by atoms with Gasteiger partial charge in [0.25, 0.3) is 0 Å². The van der Waals surface area contributed by atoms with Gasteiger partial charge in [-0.3, -0.25) is 76.7 Å². The van der Waals surface area contributed by atoms with E-state index in [2.05, 4.69) is 130 Å². The zero-order valence-electron chi connectivity index (χ0n) is 82.9. The number of amides is 16. The maximum absolute atomic E-state index is 15.6. The van der Waals surface area contributed by atoms with Crippen LogP contribution in [0.15, 0.2) is 122 Å². The molecule has 0 aliphatic heterocycles. The lowest BCUT2D eigenvalue weighted by molar-refractivity contribution is -0.137. The molecule has 4 heterocycles. The topological polar surface area (TPSA) is 529 Å². The Morgan fingerprint density at radius 3 is 0.813 bits per heavy atom. The van der Waals surface area contributed by atoms with Gasteiger partial charge in [0.05, 0.1) is 6.54 Å². The normalized spacial score (nSPS) is 14.7. The number of benzene rings is 4. The van der Waals surface area contributed by atoms with Crippen molar-refractivity contribution in [2.75, 3.05) is 24.6 Å². The number of hydrogen-bond acceptors (Lipinski definition) is 18. The molecule has 8 aromatic rings. The highest BCUT2D eigenvalue weighted by atomic mass is 32.1. The van der Waals surface area contributed by atoms with E-state index in [1.807, 2.05) is 133 Å². The molecule has 0 saturated carbocycles. The molecule has 16 amide bonds. The van der Waals surface area contributed by atoms with E-state index in [1.54, 1.807) is 100 Å². The maximum Gasteiger partial charge on any atom is 0.243 e. The second-order valence-electron chi connectivity index (χ2n) is 39.0. The van der Waals surface area contributed by atoms with E-state index in [4.69, 9.17) is 0 Å². The summed E-state index contributed by atoms with van der Waals surface area (Å²) < 4.78 is 0. The minimum atomic E-state index is -1.47. The zero-order valence-corrected chi connectivity index (χ0v) is 84.7. The van der Waals surface area contributed by atoms with Gasteiger partial charge in [0, 0.05) is 113 Å². The SMILES string of the molecule is CC(C)C[C@@H](NC(=O)[C@H](C)NC(=O)CNC(=O)[C@@H](NC(=O)CCS)C(C)C)C(=O)N[C@@H](C)C(=O)N[C@@H](C(=O)N[C@H](C(=O)N[C@@H](C(=O)N[C@@H](Cc1c[nH]c2ccccc12)C(=O)N[C@H](CC(C)C)C(=O)N[C@@H](Cc1c[nH]c2ccccc12)C(=O)N[C@H](CC(C)C)C(=O)N[C@@H](Cc1c[nH]c2ccccc12)C(=O)N[C@H](CC(C)C)C(=O)N[C@@H](Cc1c[nH]c2ccccc12)C(=O)NCCS)C(C)C)C(C)C)C(C)C. The minimum Gasteiger partial charge on any atom is -0.361 e. The zero-order chi connectivity index (χ0) is 102. The molecule has 0 aliphatic rings. The Morgan fingerprint density at radius 2 is 0.504 bits per heavy atom. The van der Waals surface area contributed by atoms with Gasteiger partial charge < -0.3 is 105 Å². The molecule has 0 unspecified atom stereocenters. The van der Waals surface area contributed by atoms with Crippen LogP contribution in [0.5, 0.6) is 0 Å². The Morgan fingerprint density at radius 1 is 0.252 bits per heavy atom. The predicted octanol–water partition coefficient (Wildman–Crippen LogP) is 6.00. The molecule has 4 aromatic heterocycles. The monoisotopic (exact) mass is 1960 g/mol. The number of H-pyrrole nitrogens is 4. The van der Waals surface area contributed by atoms with Gasteiger partial charge in [-0.25, -0.2) is 0 Å². The number of hydrogen-bond donors (Lipinski definition) is 22. The second kappa shape index (κ2) is 53.4. The molecule has 756 valence electrons. The van der Waals surface area contributed by atoms with Crippen LogP contribution in [-0.4, -0.2) is 224 Å². The second-order valence-corrected chi connectivity index (χ2v) is 39.9.